The third-order valence-corrected chi connectivity index (χ3v) is 3.90. The lowest BCUT2D eigenvalue weighted by Crippen LogP contribution is -2.52. The van der Waals surface area contributed by atoms with E-state index in [1.165, 1.54) is 12.1 Å². The average Bonchev–Trinajstić information content (AvgIpc) is 2.39. The van der Waals surface area contributed by atoms with Crippen molar-refractivity contribution < 1.29 is 4.92 Å². The molecule has 1 fully saturated rings. The first kappa shape index (κ1) is 15.0. The van der Waals surface area contributed by atoms with E-state index >= 15 is 0 Å². The van der Waals surface area contributed by atoms with E-state index in [4.69, 9.17) is 11.6 Å². The van der Waals surface area contributed by atoms with Crippen LogP contribution in [0.2, 0.25) is 5.02 Å². The van der Waals surface area contributed by atoms with Crippen molar-refractivity contribution in [2.24, 2.45) is 0 Å². The molecule has 1 saturated heterocycles. The summed E-state index contributed by atoms with van der Waals surface area (Å²) in [5.41, 5.74) is 0.533. The SMILES string of the molecule is CN1CCN(C)C(CNc2cc(Cl)ccc2[N+](=O)[O-])C1. The van der Waals surface area contributed by atoms with Crippen LogP contribution in [0.3, 0.4) is 0 Å². The van der Waals surface area contributed by atoms with E-state index in [0.29, 0.717) is 23.3 Å². The quantitative estimate of drug-likeness (QED) is 0.679. The summed E-state index contributed by atoms with van der Waals surface area (Å²) in [6.07, 6.45) is 0. The Morgan fingerprint density at radius 2 is 2.20 bits per heavy atom. The number of likely N-dealkylation sites (N-methyl/N-ethyl adjacent to an activating group) is 2. The van der Waals surface area contributed by atoms with Crippen LogP contribution in [0.4, 0.5) is 11.4 Å². The van der Waals surface area contributed by atoms with E-state index in [0.717, 1.165) is 19.6 Å². The molecule has 1 heterocycles. The number of anilines is 1. The second-order valence-corrected chi connectivity index (χ2v) is 5.63. The minimum atomic E-state index is -0.393. The lowest BCUT2D eigenvalue weighted by Gasteiger charge is -2.37. The molecule has 7 heteroatoms. The van der Waals surface area contributed by atoms with Gasteiger partial charge in [-0.1, -0.05) is 11.6 Å². The molecule has 1 atom stereocenters. The van der Waals surface area contributed by atoms with E-state index < -0.39 is 4.92 Å². The number of rotatable bonds is 4. The Hall–Kier alpha value is -1.37. The maximum Gasteiger partial charge on any atom is 0.292 e. The standard InChI is InChI=1S/C13H19ClN4O2/c1-16-5-6-17(2)11(9-16)8-15-12-7-10(14)3-4-13(12)18(19)20/h3-4,7,11,15H,5-6,8-9H2,1-2H3. The van der Waals surface area contributed by atoms with Crippen LogP contribution in [0.5, 0.6) is 0 Å². The number of halogens is 1. The summed E-state index contributed by atoms with van der Waals surface area (Å²) < 4.78 is 0. The van der Waals surface area contributed by atoms with Gasteiger partial charge in [0.05, 0.1) is 4.92 Å². The summed E-state index contributed by atoms with van der Waals surface area (Å²) in [6, 6.07) is 4.89. The number of piperazine rings is 1. The second-order valence-electron chi connectivity index (χ2n) is 5.20. The molecule has 1 aromatic rings. The van der Waals surface area contributed by atoms with Crippen molar-refractivity contribution in [3.8, 4) is 0 Å². The highest BCUT2D eigenvalue weighted by molar-refractivity contribution is 6.31. The average molecular weight is 299 g/mol. The van der Waals surface area contributed by atoms with Gasteiger partial charge in [0.25, 0.3) is 5.69 Å². The number of nitrogens with one attached hydrogen (secondary N) is 1. The van der Waals surface area contributed by atoms with Crippen LogP contribution < -0.4 is 5.32 Å². The smallest absolute Gasteiger partial charge is 0.292 e. The zero-order valence-electron chi connectivity index (χ0n) is 11.7. The van der Waals surface area contributed by atoms with Crippen LogP contribution in [-0.2, 0) is 0 Å². The van der Waals surface area contributed by atoms with Crippen molar-refractivity contribution in [1.82, 2.24) is 9.80 Å². The molecule has 2 rings (SSSR count). The van der Waals surface area contributed by atoms with E-state index in [9.17, 15) is 10.1 Å². The van der Waals surface area contributed by atoms with Gasteiger partial charge in [0.1, 0.15) is 5.69 Å². The molecule has 1 aliphatic heterocycles. The summed E-state index contributed by atoms with van der Waals surface area (Å²) in [5.74, 6) is 0. The molecular weight excluding hydrogens is 280 g/mol. The number of hydrogen-bond acceptors (Lipinski definition) is 5. The first-order valence-electron chi connectivity index (χ1n) is 6.54. The van der Waals surface area contributed by atoms with Crippen molar-refractivity contribution in [3.63, 3.8) is 0 Å². The lowest BCUT2D eigenvalue weighted by atomic mass is 10.1. The van der Waals surface area contributed by atoms with Crippen LogP contribution in [0.25, 0.3) is 0 Å². The van der Waals surface area contributed by atoms with E-state index in [1.807, 2.05) is 0 Å². The van der Waals surface area contributed by atoms with Gasteiger partial charge in [0, 0.05) is 43.3 Å². The van der Waals surface area contributed by atoms with Crippen LogP contribution >= 0.6 is 11.6 Å². The van der Waals surface area contributed by atoms with Crippen molar-refractivity contribution in [2.45, 2.75) is 6.04 Å². The van der Waals surface area contributed by atoms with Gasteiger partial charge >= 0.3 is 0 Å². The summed E-state index contributed by atoms with van der Waals surface area (Å²) in [5, 5.41) is 14.7. The van der Waals surface area contributed by atoms with E-state index in [1.54, 1.807) is 6.07 Å². The molecule has 20 heavy (non-hydrogen) atoms. The number of benzene rings is 1. The van der Waals surface area contributed by atoms with E-state index in [-0.39, 0.29) is 5.69 Å². The second kappa shape index (κ2) is 6.39. The molecule has 0 aromatic heterocycles. The highest BCUT2D eigenvalue weighted by atomic mass is 35.5. The van der Waals surface area contributed by atoms with Gasteiger partial charge < -0.3 is 10.2 Å². The first-order valence-corrected chi connectivity index (χ1v) is 6.92. The molecule has 1 unspecified atom stereocenters. The fraction of sp³-hybridized carbons (Fsp3) is 0.538. The normalized spacial score (nSPS) is 20.9. The van der Waals surface area contributed by atoms with E-state index in [2.05, 4.69) is 29.2 Å². The minimum Gasteiger partial charge on any atom is -0.378 e. The maximum absolute atomic E-state index is 11.0. The van der Waals surface area contributed by atoms with Crippen molar-refractivity contribution in [3.05, 3.63) is 33.3 Å². The fourth-order valence-corrected chi connectivity index (χ4v) is 2.53. The lowest BCUT2D eigenvalue weighted by molar-refractivity contribution is -0.384. The van der Waals surface area contributed by atoms with Gasteiger partial charge in [-0.2, -0.15) is 0 Å². The van der Waals surface area contributed by atoms with Gasteiger partial charge in [0.2, 0.25) is 0 Å². The maximum atomic E-state index is 11.0. The van der Waals surface area contributed by atoms with Gasteiger partial charge in [-0.25, -0.2) is 0 Å². The number of nitro benzene ring substituents is 1. The summed E-state index contributed by atoms with van der Waals surface area (Å²) in [4.78, 5) is 15.1. The third-order valence-electron chi connectivity index (χ3n) is 3.66. The predicted octanol–water partition coefficient (Wildman–Crippen LogP) is 1.91. The van der Waals surface area contributed by atoms with Crippen molar-refractivity contribution in [1.29, 1.82) is 0 Å². The van der Waals surface area contributed by atoms with Gasteiger partial charge in [-0.05, 0) is 26.2 Å². The Morgan fingerprint density at radius 1 is 1.45 bits per heavy atom. The highest BCUT2D eigenvalue weighted by Crippen LogP contribution is 2.27. The minimum absolute atomic E-state index is 0.0567. The Labute approximate surface area is 123 Å². The number of hydrogen-bond donors (Lipinski definition) is 1. The molecule has 0 bridgehead atoms. The Bertz CT molecular complexity index is 497. The van der Waals surface area contributed by atoms with Gasteiger partial charge in [-0.15, -0.1) is 0 Å². The molecule has 1 aromatic carbocycles. The Balaban J connectivity index is 2.06. The monoisotopic (exact) mass is 298 g/mol. The summed E-state index contributed by atoms with van der Waals surface area (Å²) in [7, 11) is 4.16. The zero-order valence-corrected chi connectivity index (χ0v) is 12.4. The largest absolute Gasteiger partial charge is 0.378 e. The van der Waals surface area contributed by atoms with Gasteiger partial charge in [0.15, 0.2) is 0 Å². The number of nitrogens with zero attached hydrogens (tertiary/aromatic N) is 3. The van der Waals surface area contributed by atoms with Crippen LogP contribution in [0.15, 0.2) is 18.2 Å². The predicted molar refractivity (Wildman–Crippen MR) is 80.5 cm³/mol. The summed E-state index contributed by atoms with van der Waals surface area (Å²) >= 11 is 5.91. The van der Waals surface area contributed by atoms with Gasteiger partial charge in [-0.3, -0.25) is 15.0 Å². The molecule has 1 N–H and O–H groups in total. The van der Waals surface area contributed by atoms with Crippen molar-refractivity contribution in [2.75, 3.05) is 45.6 Å². The molecular formula is C13H19ClN4O2. The molecule has 0 radical (unpaired) electrons. The molecule has 0 aliphatic carbocycles. The topological polar surface area (TPSA) is 61.6 Å². The number of nitro groups is 1. The zero-order chi connectivity index (χ0) is 14.7. The molecule has 1 aliphatic rings. The molecule has 0 amide bonds. The van der Waals surface area contributed by atoms with Crippen molar-refractivity contribution >= 4 is 23.0 Å². The molecule has 0 saturated carbocycles. The fourth-order valence-electron chi connectivity index (χ4n) is 2.36. The Kier molecular flexibility index (Phi) is 4.80. The van der Waals surface area contributed by atoms with Crippen LogP contribution in [0.1, 0.15) is 0 Å². The third kappa shape index (κ3) is 3.59. The molecule has 6 nitrogen and oxygen atoms in total. The highest BCUT2D eigenvalue weighted by Gasteiger charge is 2.23. The first-order chi connectivity index (χ1) is 9.47. The van der Waals surface area contributed by atoms with Crippen LogP contribution in [-0.4, -0.2) is 61.0 Å². The molecule has 0 spiro atoms. The summed E-state index contributed by atoms with van der Waals surface area (Å²) in [6.45, 7) is 3.64. The molecule has 110 valence electrons. The van der Waals surface area contributed by atoms with Crippen LogP contribution in [0, 0.1) is 10.1 Å². The Morgan fingerprint density at radius 3 is 2.90 bits per heavy atom.